The Labute approximate surface area is 197 Å². The van der Waals surface area contributed by atoms with Crippen LogP contribution in [0.15, 0.2) is 54.7 Å². The molecule has 8 heteroatoms. The summed E-state index contributed by atoms with van der Waals surface area (Å²) in [5.41, 5.74) is 0.903. The van der Waals surface area contributed by atoms with Crippen LogP contribution in [-0.4, -0.2) is 15.6 Å². The Kier molecular flexibility index (Phi) is 6.68. The first-order valence-electron chi connectivity index (χ1n) is 11.4. The maximum absolute atomic E-state index is 13.7. The van der Waals surface area contributed by atoms with Crippen LogP contribution in [0, 0.1) is 0 Å². The van der Waals surface area contributed by atoms with E-state index in [2.05, 4.69) is 32.7 Å². The second-order valence-corrected chi connectivity index (χ2v) is 9.52. The van der Waals surface area contributed by atoms with Crippen molar-refractivity contribution in [2.45, 2.75) is 64.1 Å². The summed E-state index contributed by atoms with van der Waals surface area (Å²) < 4.78 is 47.0. The lowest BCUT2D eigenvalue weighted by Crippen LogP contribution is -2.23. The Morgan fingerprint density at radius 2 is 1.59 bits per heavy atom. The Balaban J connectivity index is 1.60. The molecule has 0 saturated heterocycles. The maximum atomic E-state index is 13.7. The molecular formula is C26H29F3N4O. The number of nitrogens with one attached hydrogen (secondary N) is 2. The zero-order chi connectivity index (χ0) is 24.3. The van der Waals surface area contributed by atoms with Crippen LogP contribution in [0.2, 0.25) is 0 Å². The lowest BCUT2D eigenvalue weighted by atomic mass is 9.98. The maximum Gasteiger partial charge on any atom is 0.421 e. The predicted octanol–water partition coefficient (Wildman–Crippen LogP) is 7.82. The Morgan fingerprint density at radius 3 is 2.24 bits per heavy atom. The molecule has 0 amide bonds. The van der Waals surface area contributed by atoms with Gasteiger partial charge in [0.2, 0.25) is 5.95 Å². The molecule has 1 heterocycles. The smallest absolute Gasteiger partial charge is 0.421 e. The van der Waals surface area contributed by atoms with E-state index in [1.54, 1.807) is 24.3 Å². The molecule has 0 spiro atoms. The molecule has 0 bridgehead atoms. The standard InChI is InChI=1S/C26H29F3N4O/c1-25(2,3)34-22-11-7-6-10-21(22)32-23-20(26(27,28)29)16-30-24(33-23)31-19-14-12-18(13-15-19)17-8-4-5-9-17/h6-7,10-17H,4-5,8-9H2,1-3H3,(H2,30,31,32,33). The van der Waals surface area contributed by atoms with Crippen molar-refractivity contribution in [2.24, 2.45) is 0 Å². The predicted molar refractivity (Wildman–Crippen MR) is 128 cm³/mol. The largest absolute Gasteiger partial charge is 0.486 e. The van der Waals surface area contributed by atoms with Crippen LogP contribution in [0.5, 0.6) is 5.75 Å². The summed E-state index contributed by atoms with van der Waals surface area (Å²) in [6, 6.07) is 14.8. The molecule has 4 rings (SSSR count). The number of alkyl halides is 3. The first-order valence-corrected chi connectivity index (χ1v) is 11.4. The van der Waals surface area contributed by atoms with E-state index in [0.717, 1.165) is 6.20 Å². The highest BCUT2D eigenvalue weighted by molar-refractivity contribution is 5.67. The van der Waals surface area contributed by atoms with Crippen LogP contribution in [0.4, 0.5) is 36.3 Å². The number of nitrogens with zero attached hydrogens (tertiary/aromatic N) is 2. The minimum absolute atomic E-state index is 0.0679. The van der Waals surface area contributed by atoms with Crippen LogP contribution in [0.3, 0.4) is 0 Å². The van der Waals surface area contributed by atoms with Crippen molar-refractivity contribution in [3.05, 3.63) is 65.9 Å². The molecule has 1 aliphatic carbocycles. The van der Waals surface area contributed by atoms with Crippen molar-refractivity contribution in [1.82, 2.24) is 9.97 Å². The normalized spacial score (nSPS) is 14.8. The van der Waals surface area contributed by atoms with Gasteiger partial charge in [-0.25, -0.2) is 4.98 Å². The summed E-state index contributed by atoms with van der Waals surface area (Å²) in [4.78, 5) is 8.07. The number of para-hydroxylation sites is 2. The van der Waals surface area contributed by atoms with Crippen LogP contribution >= 0.6 is 0 Å². The Bertz CT molecular complexity index is 1120. The van der Waals surface area contributed by atoms with Crippen molar-refractivity contribution < 1.29 is 17.9 Å². The molecule has 1 fully saturated rings. The van der Waals surface area contributed by atoms with Gasteiger partial charge in [0.1, 0.15) is 22.7 Å². The first-order chi connectivity index (χ1) is 16.1. The van der Waals surface area contributed by atoms with Gasteiger partial charge in [-0.2, -0.15) is 18.2 Å². The van der Waals surface area contributed by atoms with Crippen molar-refractivity contribution in [2.75, 3.05) is 10.6 Å². The van der Waals surface area contributed by atoms with E-state index in [1.165, 1.54) is 31.2 Å². The Hall–Kier alpha value is -3.29. The zero-order valence-corrected chi connectivity index (χ0v) is 19.5. The fraction of sp³-hybridized carbons (Fsp3) is 0.385. The monoisotopic (exact) mass is 470 g/mol. The van der Waals surface area contributed by atoms with E-state index in [9.17, 15) is 13.2 Å². The van der Waals surface area contributed by atoms with E-state index in [0.29, 0.717) is 23.0 Å². The van der Waals surface area contributed by atoms with Crippen LogP contribution in [0.25, 0.3) is 0 Å². The molecular weight excluding hydrogens is 441 g/mol. The third kappa shape index (κ3) is 5.98. The third-order valence-electron chi connectivity index (χ3n) is 5.64. The van der Waals surface area contributed by atoms with E-state index < -0.39 is 17.3 Å². The number of anilines is 4. The summed E-state index contributed by atoms with van der Waals surface area (Å²) in [5.74, 6) is 0.733. The minimum atomic E-state index is -4.62. The highest BCUT2D eigenvalue weighted by Gasteiger charge is 2.35. The number of benzene rings is 2. The number of ether oxygens (including phenoxy) is 1. The summed E-state index contributed by atoms with van der Waals surface area (Å²) in [5, 5.41) is 5.83. The summed E-state index contributed by atoms with van der Waals surface area (Å²) in [6.45, 7) is 5.61. The van der Waals surface area contributed by atoms with Crippen LogP contribution in [0.1, 0.15) is 63.5 Å². The molecule has 1 aromatic heterocycles. The van der Waals surface area contributed by atoms with E-state index >= 15 is 0 Å². The molecule has 2 N–H and O–H groups in total. The molecule has 34 heavy (non-hydrogen) atoms. The first kappa shape index (κ1) is 23.9. The second kappa shape index (κ2) is 9.52. The topological polar surface area (TPSA) is 59.1 Å². The van der Waals surface area contributed by atoms with Crippen molar-refractivity contribution in [3.63, 3.8) is 0 Å². The summed E-state index contributed by atoms with van der Waals surface area (Å²) >= 11 is 0. The molecule has 0 radical (unpaired) electrons. The van der Waals surface area contributed by atoms with Gasteiger partial charge in [-0.15, -0.1) is 0 Å². The Morgan fingerprint density at radius 1 is 0.912 bits per heavy atom. The number of rotatable bonds is 6. The molecule has 0 atom stereocenters. The fourth-order valence-corrected chi connectivity index (χ4v) is 4.09. The fourth-order valence-electron chi connectivity index (χ4n) is 4.09. The van der Waals surface area contributed by atoms with Gasteiger partial charge in [0.05, 0.1) is 5.69 Å². The van der Waals surface area contributed by atoms with Crippen molar-refractivity contribution in [3.8, 4) is 5.75 Å². The van der Waals surface area contributed by atoms with Gasteiger partial charge in [-0.05, 0) is 69.4 Å². The number of hydrogen-bond donors (Lipinski definition) is 2. The molecule has 1 saturated carbocycles. The number of hydrogen-bond acceptors (Lipinski definition) is 5. The van der Waals surface area contributed by atoms with Crippen LogP contribution in [-0.2, 0) is 6.18 Å². The molecule has 1 aliphatic rings. The summed E-state index contributed by atoms with van der Waals surface area (Å²) in [7, 11) is 0. The molecule has 0 unspecified atom stereocenters. The lowest BCUT2D eigenvalue weighted by molar-refractivity contribution is -0.137. The molecule has 2 aromatic carbocycles. The van der Waals surface area contributed by atoms with Gasteiger partial charge < -0.3 is 15.4 Å². The lowest BCUT2D eigenvalue weighted by Gasteiger charge is -2.24. The van der Waals surface area contributed by atoms with E-state index in [1.807, 2.05) is 32.9 Å². The average Bonchev–Trinajstić information content (AvgIpc) is 3.29. The van der Waals surface area contributed by atoms with Crippen molar-refractivity contribution in [1.29, 1.82) is 0 Å². The van der Waals surface area contributed by atoms with Gasteiger partial charge in [0.25, 0.3) is 0 Å². The third-order valence-corrected chi connectivity index (χ3v) is 5.64. The average molecular weight is 471 g/mol. The zero-order valence-electron chi connectivity index (χ0n) is 19.5. The number of aromatic nitrogens is 2. The van der Waals surface area contributed by atoms with Gasteiger partial charge in [0, 0.05) is 11.9 Å². The molecule has 3 aromatic rings. The highest BCUT2D eigenvalue weighted by Crippen LogP contribution is 2.38. The van der Waals surface area contributed by atoms with Crippen LogP contribution < -0.4 is 15.4 Å². The second-order valence-electron chi connectivity index (χ2n) is 9.52. The van der Waals surface area contributed by atoms with E-state index in [4.69, 9.17) is 4.74 Å². The molecule has 180 valence electrons. The van der Waals surface area contributed by atoms with Gasteiger partial charge >= 0.3 is 6.18 Å². The SMILES string of the molecule is CC(C)(C)Oc1ccccc1Nc1nc(Nc2ccc(C3CCCC3)cc2)ncc1C(F)(F)F. The quantitative estimate of drug-likeness (QED) is 0.385. The van der Waals surface area contributed by atoms with Gasteiger partial charge in [0.15, 0.2) is 0 Å². The molecule has 0 aliphatic heterocycles. The molecule has 5 nitrogen and oxygen atoms in total. The van der Waals surface area contributed by atoms with Gasteiger partial charge in [-0.3, -0.25) is 0 Å². The number of halogens is 3. The van der Waals surface area contributed by atoms with Crippen molar-refractivity contribution >= 4 is 23.1 Å². The summed E-state index contributed by atoms with van der Waals surface area (Å²) in [6.07, 6.45) is 1.07. The highest BCUT2D eigenvalue weighted by atomic mass is 19.4. The minimum Gasteiger partial charge on any atom is -0.486 e. The van der Waals surface area contributed by atoms with Gasteiger partial charge in [-0.1, -0.05) is 37.1 Å². The van der Waals surface area contributed by atoms with E-state index in [-0.39, 0.29) is 11.8 Å².